The van der Waals surface area contributed by atoms with Gasteiger partial charge in [-0.15, -0.1) is 0 Å². The van der Waals surface area contributed by atoms with E-state index in [0.717, 1.165) is 19.6 Å². The van der Waals surface area contributed by atoms with Crippen molar-refractivity contribution in [2.24, 2.45) is 5.41 Å². The van der Waals surface area contributed by atoms with E-state index >= 15 is 0 Å². The molecule has 0 unspecified atom stereocenters. The van der Waals surface area contributed by atoms with Gasteiger partial charge in [-0.2, -0.15) is 5.26 Å². The summed E-state index contributed by atoms with van der Waals surface area (Å²) in [4.78, 5) is 2.43. The molecule has 1 saturated heterocycles. The summed E-state index contributed by atoms with van der Waals surface area (Å²) in [6.07, 6.45) is 1.25. The fraction of sp³-hybridized carbons (Fsp3) is 0.533. The summed E-state index contributed by atoms with van der Waals surface area (Å²) < 4.78 is 5.69. The first-order chi connectivity index (χ1) is 8.61. The molecule has 1 aliphatic heterocycles. The second-order valence-corrected chi connectivity index (χ2v) is 5.65. The van der Waals surface area contributed by atoms with Gasteiger partial charge in [0.2, 0.25) is 0 Å². The van der Waals surface area contributed by atoms with E-state index in [1.165, 1.54) is 6.42 Å². The fourth-order valence-electron chi connectivity index (χ4n) is 2.38. The van der Waals surface area contributed by atoms with E-state index in [4.69, 9.17) is 10.00 Å². The molecular formula is C15H20N2O. The maximum atomic E-state index is 8.96. The Kier molecular flexibility index (Phi) is 3.88. The molecule has 1 aliphatic rings. The monoisotopic (exact) mass is 244 g/mol. The van der Waals surface area contributed by atoms with Crippen LogP contribution in [0.3, 0.4) is 0 Å². The molecule has 2 rings (SSSR count). The van der Waals surface area contributed by atoms with Crippen molar-refractivity contribution in [3.05, 3.63) is 29.8 Å². The highest BCUT2D eigenvalue weighted by molar-refractivity contribution is 5.42. The molecule has 0 aliphatic carbocycles. The number of hydrogen-bond acceptors (Lipinski definition) is 3. The molecule has 0 N–H and O–H groups in total. The Balaban J connectivity index is 1.81. The quantitative estimate of drug-likeness (QED) is 0.817. The maximum absolute atomic E-state index is 8.96. The maximum Gasteiger partial charge on any atom is 0.137 e. The van der Waals surface area contributed by atoms with Crippen LogP contribution in [0, 0.1) is 16.7 Å². The van der Waals surface area contributed by atoms with Crippen LogP contribution in [0.25, 0.3) is 0 Å². The van der Waals surface area contributed by atoms with Crippen molar-refractivity contribution >= 4 is 0 Å². The molecule has 0 radical (unpaired) electrons. The molecular weight excluding hydrogens is 224 g/mol. The van der Waals surface area contributed by atoms with Gasteiger partial charge in [0.1, 0.15) is 18.4 Å². The van der Waals surface area contributed by atoms with Gasteiger partial charge >= 0.3 is 0 Å². The molecule has 1 aromatic carbocycles. The number of likely N-dealkylation sites (tertiary alicyclic amines) is 1. The molecule has 96 valence electrons. The summed E-state index contributed by atoms with van der Waals surface area (Å²) in [6, 6.07) is 9.54. The van der Waals surface area contributed by atoms with Gasteiger partial charge in [0, 0.05) is 13.1 Å². The molecule has 1 aromatic rings. The van der Waals surface area contributed by atoms with Crippen LogP contribution in [-0.4, -0.2) is 31.1 Å². The van der Waals surface area contributed by atoms with Crippen LogP contribution < -0.4 is 4.74 Å². The summed E-state index contributed by atoms with van der Waals surface area (Å²) in [5.41, 5.74) is 1.05. The van der Waals surface area contributed by atoms with Gasteiger partial charge in [0.15, 0.2) is 0 Å². The van der Waals surface area contributed by atoms with Gasteiger partial charge in [0.05, 0.1) is 5.56 Å². The number of rotatable bonds is 4. The highest BCUT2D eigenvalue weighted by Crippen LogP contribution is 2.28. The van der Waals surface area contributed by atoms with Crippen LogP contribution in [0.4, 0.5) is 0 Å². The fourth-order valence-corrected chi connectivity index (χ4v) is 2.38. The molecule has 18 heavy (non-hydrogen) atoms. The molecule has 0 amide bonds. The molecule has 1 fully saturated rings. The molecule has 1 heterocycles. The van der Waals surface area contributed by atoms with Crippen molar-refractivity contribution in [1.82, 2.24) is 4.90 Å². The third-order valence-electron chi connectivity index (χ3n) is 3.43. The van der Waals surface area contributed by atoms with Crippen LogP contribution in [-0.2, 0) is 0 Å². The van der Waals surface area contributed by atoms with Gasteiger partial charge in [-0.3, -0.25) is 4.90 Å². The number of ether oxygens (including phenoxy) is 1. The van der Waals surface area contributed by atoms with Crippen LogP contribution in [0.2, 0.25) is 0 Å². The van der Waals surface area contributed by atoms with Gasteiger partial charge in [-0.05, 0) is 30.5 Å². The Labute approximate surface area is 109 Å². The Bertz CT molecular complexity index is 448. The Hall–Kier alpha value is -1.53. The smallest absolute Gasteiger partial charge is 0.137 e. The first-order valence-electron chi connectivity index (χ1n) is 6.45. The zero-order valence-electron chi connectivity index (χ0n) is 11.1. The first-order valence-corrected chi connectivity index (χ1v) is 6.45. The van der Waals surface area contributed by atoms with Gasteiger partial charge in [-0.1, -0.05) is 26.0 Å². The molecule has 3 nitrogen and oxygen atoms in total. The average Bonchev–Trinajstić information content (AvgIpc) is 2.69. The van der Waals surface area contributed by atoms with E-state index in [2.05, 4.69) is 24.8 Å². The normalized spacial score (nSPS) is 18.5. The summed E-state index contributed by atoms with van der Waals surface area (Å²) in [6.45, 7) is 8.47. The van der Waals surface area contributed by atoms with Crippen molar-refractivity contribution in [3.63, 3.8) is 0 Å². The number of nitriles is 1. The third kappa shape index (κ3) is 3.24. The summed E-state index contributed by atoms with van der Waals surface area (Å²) in [7, 11) is 0. The van der Waals surface area contributed by atoms with Crippen molar-refractivity contribution < 1.29 is 4.74 Å². The molecule has 0 spiro atoms. The van der Waals surface area contributed by atoms with E-state index < -0.39 is 0 Å². The lowest BCUT2D eigenvalue weighted by molar-refractivity contribution is 0.222. The zero-order chi connectivity index (χ0) is 13.0. The average molecular weight is 244 g/mol. The predicted molar refractivity (Wildman–Crippen MR) is 71.5 cm³/mol. The van der Waals surface area contributed by atoms with Gasteiger partial charge < -0.3 is 4.74 Å². The minimum Gasteiger partial charge on any atom is -0.491 e. The number of nitrogens with zero attached hydrogens (tertiary/aromatic N) is 2. The predicted octanol–water partition coefficient (Wildman–Crippen LogP) is 2.67. The Morgan fingerprint density at radius 3 is 2.83 bits per heavy atom. The standard InChI is InChI=1S/C15H20N2O/c1-15(2)7-8-17(12-15)9-10-18-14-6-4-3-5-13(14)11-16/h3-6H,7-10,12H2,1-2H3. The zero-order valence-corrected chi connectivity index (χ0v) is 11.1. The number of benzene rings is 1. The summed E-state index contributed by atoms with van der Waals surface area (Å²) in [5.74, 6) is 0.693. The van der Waals surface area contributed by atoms with Crippen molar-refractivity contribution in [2.45, 2.75) is 20.3 Å². The lowest BCUT2D eigenvalue weighted by atomic mass is 9.93. The Morgan fingerprint density at radius 2 is 2.17 bits per heavy atom. The molecule has 0 aromatic heterocycles. The minimum absolute atomic E-state index is 0.435. The highest BCUT2D eigenvalue weighted by Gasteiger charge is 2.28. The van der Waals surface area contributed by atoms with Crippen LogP contribution in [0.1, 0.15) is 25.8 Å². The van der Waals surface area contributed by atoms with Crippen molar-refractivity contribution in [3.8, 4) is 11.8 Å². The molecule has 0 saturated carbocycles. The van der Waals surface area contributed by atoms with Crippen molar-refractivity contribution in [2.75, 3.05) is 26.2 Å². The second-order valence-electron chi connectivity index (χ2n) is 5.65. The topological polar surface area (TPSA) is 36.3 Å². The molecule has 0 atom stereocenters. The van der Waals surface area contributed by atoms with E-state index in [0.29, 0.717) is 23.3 Å². The van der Waals surface area contributed by atoms with Crippen molar-refractivity contribution in [1.29, 1.82) is 5.26 Å². The summed E-state index contributed by atoms with van der Waals surface area (Å²) >= 11 is 0. The SMILES string of the molecule is CC1(C)CCN(CCOc2ccccc2C#N)C1. The van der Waals surface area contributed by atoms with Crippen LogP contribution in [0.15, 0.2) is 24.3 Å². The van der Waals surface area contributed by atoms with Crippen LogP contribution >= 0.6 is 0 Å². The first kappa shape index (κ1) is 12.9. The minimum atomic E-state index is 0.435. The second kappa shape index (κ2) is 5.41. The number of hydrogen-bond donors (Lipinski definition) is 0. The third-order valence-corrected chi connectivity index (χ3v) is 3.43. The van der Waals surface area contributed by atoms with E-state index in [-0.39, 0.29) is 0 Å². The highest BCUT2D eigenvalue weighted by atomic mass is 16.5. The molecule has 3 heteroatoms. The van der Waals surface area contributed by atoms with Gasteiger partial charge in [0.25, 0.3) is 0 Å². The lowest BCUT2D eigenvalue weighted by Gasteiger charge is -2.19. The van der Waals surface area contributed by atoms with E-state index in [9.17, 15) is 0 Å². The Morgan fingerprint density at radius 1 is 1.39 bits per heavy atom. The van der Waals surface area contributed by atoms with E-state index in [1.807, 2.05) is 18.2 Å². The van der Waals surface area contributed by atoms with Crippen LogP contribution in [0.5, 0.6) is 5.75 Å². The van der Waals surface area contributed by atoms with Gasteiger partial charge in [-0.25, -0.2) is 0 Å². The lowest BCUT2D eigenvalue weighted by Crippen LogP contribution is -2.28. The largest absolute Gasteiger partial charge is 0.491 e. The molecule has 0 bridgehead atoms. The summed E-state index contributed by atoms with van der Waals surface area (Å²) in [5, 5.41) is 8.96. The number of para-hydroxylation sites is 1. The van der Waals surface area contributed by atoms with E-state index in [1.54, 1.807) is 6.07 Å².